The maximum Gasteiger partial charge on any atom is 0.312 e. The lowest BCUT2D eigenvalue weighted by molar-refractivity contribution is -0.148. The molecule has 0 aromatic heterocycles. The molecule has 290 valence electrons. The third-order valence-electron chi connectivity index (χ3n) is 9.20. The van der Waals surface area contributed by atoms with Crippen LogP contribution in [-0.4, -0.2) is 71.6 Å². The Hall–Kier alpha value is -4.49. The zero-order chi connectivity index (χ0) is 39.2. The molecule has 0 aliphatic carbocycles. The van der Waals surface area contributed by atoms with Crippen LogP contribution in [0.15, 0.2) is 24.3 Å². The van der Waals surface area contributed by atoms with Crippen LogP contribution in [0.4, 0.5) is 10.5 Å². The summed E-state index contributed by atoms with van der Waals surface area (Å²) < 4.78 is 5.25. The standard InChI is InChI=1S/C38H60N6O8/c1-23(2)32(25(5)41-30(45)14-10-9-11-20-44-31(46)21-28(35(44)49)38(6,7)8)34(48)43-29(13-12-19-40-37(39)51)33(47)42-27-17-15-26(16-18-27)22-52-36(50)24(3)4/h15-18,23-25,28-29,32H,9-14,19-22H2,1-8H3,(H,41,45)(H,42,47)(H,43,48)(H3,39,40,51)/t25?,28?,29?,32-/m1/s1. The third-order valence-corrected chi connectivity index (χ3v) is 9.20. The van der Waals surface area contributed by atoms with Crippen molar-refractivity contribution in [1.29, 1.82) is 0 Å². The molecule has 3 unspecified atom stereocenters. The number of primary amides is 1. The fraction of sp³-hybridized carbons (Fsp3) is 0.658. The van der Waals surface area contributed by atoms with Crippen LogP contribution in [0.1, 0.15) is 106 Å². The predicted octanol–water partition coefficient (Wildman–Crippen LogP) is 4.02. The highest BCUT2D eigenvalue weighted by molar-refractivity contribution is 6.04. The molecule has 1 heterocycles. The number of rotatable bonds is 20. The Morgan fingerprint density at radius 1 is 0.904 bits per heavy atom. The average molecular weight is 729 g/mol. The molecule has 0 saturated carbocycles. The van der Waals surface area contributed by atoms with Gasteiger partial charge in [0.25, 0.3) is 0 Å². The van der Waals surface area contributed by atoms with E-state index in [0.717, 1.165) is 5.56 Å². The minimum atomic E-state index is -0.953. The summed E-state index contributed by atoms with van der Waals surface area (Å²) in [6, 6.07) is 4.61. The SMILES string of the molecule is CC(C)C(=O)OCc1ccc(NC(=O)C(CCCNC(N)=O)NC(=O)[C@H](C(C)C)C(C)NC(=O)CCCCCN2C(=O)CC(C(C)(C)C)C2=O)cc1. The summed E-state index contributed by atoms with van der Waals surface area (Å²) >= 11 is 0. The number of unbranched alkanes of at least 4 members (excludes halogenated alkanes) is 2. The molecule has 6 N–H and O–H groups in total. The molecule has 1 saturated heterocycles. The summed E-state index contributed by atoms with van der Waals surface area (Å²) in [5, 5.41) is 11.1. The molecule has 14 nitrogen and oxygen atoms in total. The fourth-order valence-electron chi connectivity index (χ4n) is 6.14. The number of nitrogens with zero attached hydrogens (tertiary/aromatic N) is 1. The number of anilines is 1. The van der Waals surface area contributed by atoms with E-state index in [9.17, 15) is 33.6 Å². The van der Waals surface area contributed by atoms with Gasteiger partial charge in [0.1, 0.15) is 12.6 Å². The first-order valence-electron chi connectivity index (χ1n) is 18.4. The summed E-state index contributed by atoms with van der Waals surface area (Å²) in [4.78, 5) is 89.4. The van der Waals surface area contributed by atoms with Crippen LogP contribution in [0, 0.1) is 29.1 Å². The molecule has 4 atom stereocenters. The van der Waals surface area contributed by atoms with E-state index in [4.69, 9.17) is 10.5 Å². The number of nitrogens with one attached hydrogen (secondary N) is 4. The van der Waals surface area contributed by atoms with E-state index in [1.165, 1.54) is 4.90 Å². The molecule has 1 aliphatic rings. The summed E-state index contributed by atoms with van der Waals surface area (Å²) in [6.07, 6.45) is 2.84. The third kappa shape index (κ3) is 14.3. The van der Waals surface area contributed by atoms with Crippen molar-refractivity contribution in [1.82, 2.24) is 20.9 Å². The second-order valence-electron chi connectivity index (χ2n) is 15.4. The molecular weight excluding hydrogens is 668 g/mol. The van der Waals surface area contributed by atoms with Crippen molar-refractivity contribution in [3.8, 4) is 0 Å². The van der Waals surface area contributed by atoms with Crippen molar-refractivity contribution in [2.24, 2.45) is 34.8 Å². The minimum absolute atomic E-state index is 0.101. The number of hydrogen-bond donors (Lipinski definition) is 5. The van der Waals surface area contributed by atoms with Gasteiger partial charge in [-0.15, -0.1) is 0 Å². The first-order valence-corrected chi connectivity index (χ1v) is 18.4. The normalized spacial score (nSPS) is 16.3. The van der Waals surface area contributed by atoms with Gasteiger partial charge < -0.3 is 31.7 Å². The lowest BCUT2D eigenvalue weighted by atomic mass is 9.80. The Morgan fingerprint density at radius 3 is 2.12 bits per heavy atom. The van der Waals surface area contributed by atoms with Gasteiger partial charge in [-0.2, -0.15) is 0 Å². The number of benzene rings is 1. The zero-order valence-electron chi connectivity index (χ0n) is 32.1. The highest BCUT2D eigenvalue weighted by atomic mass is 16.5. The van der Waals surface area contributed by atoms with E-state index < -0.39 is 35.8 Å². The molecule has 7 amide bonds. The van der Waals surface area contributed by atoms with Crippen LogP contribution in [0.2, 0.25) is 0 Å². The number of carbonyl (C=O) groups is 7. The van der Waals surface area contributed by atoms with Crippen LogP contribution < -0.4 is 27.0 Å². The Balaban J connectivity index is 1.95. The second-order valence-corrected chi connectivity index (χ2v) is 15.4. The van der Waals surface area contributed by atoms with E-state index in [1.54, 1.807) is 45.0 Å². The van der Waals surface area contributed by atoms with Crippen molar-refractivity contribution in [2.45, 2.75) is 119 Å². The number of likely N-dealkylation sites (tertiary alicyclic amines) is 1. The van der Waals surface area contributed by atoms with Crippen LogP contribution in [0.5, 0.6) is 0 Å². The molecular formula is C38H60N6O8. The van der Waals surface area contributed by atoms with E-state index in [-0.39, 0.29) is 79.3 Å². The van der Waals surface area contributed by atoms with Gasteiger partial charge in [0, 0.05) is 37.7 Å². The van der Waals surface area contributed by atoms with Gasteiger partial charge >= 0.3 is 12.0 Å². The van der Waals surface area contributed by atoms with Crippen LogP contribution in [0.3, 0.4) is 0 Å². The summed E-state index contributed by atoms with van der Waals surface area (Å²) in [7, 11) is 0. The second kappa shape index (κ2) is 20.5. The number of carbonyl (C=O) groups excluding carboxylic acids is 7. The van der Waals surface area contributed by atoms with Gasteiger partial charge in [-0.25, -0.2) is 4.79 Å². The molecule has 1 fully saturated rings. The number of urea groups is 1. The van der Waals surface area contributed by atoms with Gasteiger partial charge in [0.2, 0.25) is 29.5 Å². The van der Waals surface area contributed by atoms with E-state index in [0.29, 0.717) is 37.9 Å². The number of hydrogen-bond acceptors (Lipinski definition) is 8. The summed E-state index contributed by atoms with van der Waals surface area (Å²) in [5.41, 5.74) is 6.12. The monoisotopic (exact) mass is 728 g/mol. The molecule has 1 aliphatic heterocycles. The zero-order valence-corrected chi connectivity index (χ0v) is 32.1. The number of imide groups is 1. The lowest BCUT2D eigenvalue weighted by Crippen LogP contribution is -2.52. The van der Waals surface area contributed by atoms with Gasteiger partial charge in [0.05, 0.1) is 17.8 Å². The quantitative estimate of drug-likeness (QED) is 0.0752. The van der Waals surface area contributed by atoms with Crippen molar-refractivity contribution in [3.63, 3.8) is 0 Å². The smallest absolute Gasteiger partial charge is 0.312 e. The largest absolute Gasteiger partial charge is 0.461 e. The maximum atomic E-state index is 13.7. The van der Waals surface area contributed by atoms with Crippen molar-refractivity contribution < 1.29 is 38.3 Å². The lowest BCUT2D eigenvalue weighted by Gasteiger charge is -2.29. The molecule has 14 heteroatoms. The molecule has 0 bridgehead atoms. The van der Waals surface area contributed by atoms with Crippen LogP contribution in [0.25, 0.3) is 0 Å². The summed E-state index contributed by atoms with van der Waals surface area (Å²) in [5.74, 6) is -3.06. The van der Waals surface area contributed by atoms with Gasteiger partial charge in [-0.3, -0.25) is 33.7 Å². The van der Waals surface area contributed by atoms with Crippen molar-refractivity contribution >= 4 is 47.2 Å². The number of amides is 7. The van der Waals surface area contributed by atoms with Crippen LogP contribution >= 0.6 is 0 Å². The molecule has 2 rings (SSSR count). The fourth-order valence-corrected chi connectivity index (χ4v) is 6.14. The Morgan fingerprint density at radius 2 is 1.56 bits per heavy atom. The number of nitrogens with two attached hydrogens (primary N) is 1. The highest BCUT2D eigenvalue weighted by Crippen LogP contribution is 2.35. The Kier molecular flexibility index (Phi) is 17.2. The summed E-state index contributed by atoms with van der Waals surface area (Å²) in [6.45, 7) is 15.5. The molecule has 0 radical (unpaired) electrons. The highest BCUT2D eigenvalue weighted by Gasteiger charge is 2.44. The van der Waals surface area contributed by atoms with Crippen molar-refractivity contribution in [3.05, 3.63) is 29.8 Å². The Bertz CT molecular complexity index is 1400. The molecule has 1 aromatic carbocycles. The van der Waals surface area contributed by atoms with E-state index in [1.807, 2.05) is 34.6 Å². The molecule has 0 spiro atoms. The van der Waals surface area contributed by atoms with Gasteiger partial charge in [-0.05, 0) is 61.6 Å². The maximum absolute atomic E-state index is 13.7. The van der Waals surface area contributed by atoms with E-state index in [2.05, 4.69) is 21.3 Å². The minimum Gasteiger partial charge on any atom is -0.461 e. The first kappa shape index (κ1) is 43.7. The number of esters is 1. The Labute approximate surface area is 308 Å². The first-order chi connectivity index (χ1) is 24.3. The average Bonchev–Trinajstić information content (AvgIpc) is 3.34. The molecule has 1 aromatic rings. The van der Waals surface area contributed by atoms with Crippen molar-refractivity contribution in [2.75, 3.05) is 18.4 Å². The topological polar surface area (TPSA) is 206 Å². The van der Waals surface area contributed by atoms with Gasteiger partial charge in [-0.1, -0.05) is 67.0 Å². The van der Waals surface area contributed by atoms with Gasteiger partial charge in [0.15, 0.2) is 0 Å². The van der Waals surface area contributed by atoms with Crippen LogP contribution in [-0.2, 0) is 40.1 Å². The predicted molar refractivity (Wildman–Crippen MR) is 197 cm³/mol. The molecule has 52 heavy (non-hydrogen) atoms. The van der Waals surface area contributed by atoms with E-state index >= 15 is 0 Å². The number of ether oxygens (including phenoxy) is 1.